The average molecular weight is 246 g/mol. The first-order chi connectivity index (χ1) is 8.19. The topological polar surface area (TPSA) is 6.48 Å². The molecule has 2 aliphatic rings. The molecule has 2 nitrogen and oxygen atoms in total. The van der Waals surface area contributed by atoms with Crippen molar-refractivity contribution in [3.8, 4) is 0 Å². The van der Waals surface area contributed by atoms with Crippen molar-refractivity contribution in [3.63, 3.8) is 0 Å². The second-order valence-electron chi connectivity index (χ2n) is 5.50. The zero-order chi connectivity index (χ0) is 12.3. The van der Waals surface area contributed by atoms with Gasteiger partial charge in [-0.2, -0.15) is 0 Å². The highest BCUT2D eigenvalue weighted by Gasteiger charge is 2.29. The van der Waals surface area contributed by atoms with Crippen molar-refractivity contribution < 1.29 is 8.78 Å². The Labute approximate surface area is 103 Å². The molecule has 1 heterocycles. The van der Waals surface area contributed by atoms with Gasteiger partial charge in [-0.1, -0.05) is 13.3 Å². The van der Waals surface area contributed by atoms with Gasteiger partial charge < -0.3 is 4.90 Å². The lowest BCUT2D eigenvalue weighted by molar-refractivity contribution is 0.0111. The minimum absolute atomic E-state index is 0.0459. The van der Waals surface area contributed by atoms with E-state index >= 15 is 0 Å². The van der Waals surface area contributed by atoms with Gasteiger partial charge in [0.05, 0.1) is 6.54 Å². The van der Waals surface area contributed by atoms with E-state index in [1.807, 2.05) is 4.90 Å². The number of hydrogen-bond donors (Lipinski definition) is 0. The van der Waals surface area contributed by atoms with Crippen LogP contribution in [0.15, 0.2) is 0 Å². The molecular formula is C13H24F2N2. The summed E-state index contributed by atoms with van der Waals surface area (Å²) < 4.78 is 24.9. The van der Waals surface area contributed by atoms with Crippen LogP contribution in [0.4, 0.5) is 8.78 Å². The summed E-state index contributed by atoms with van der Waals surface area (Å²) in [6.07, 6.45) is 2.91. The number of hydrogen-bond acceptors (Lipinski definition) is 2. The Morgan fingerprint density at radius 3 is 2.53 bits per heavy atom. The van der Waals surface area contributed by atoms with Gasteiger partial charge in [-0.15, -0.1) is 0 Å². The molecule has 17 heavy (non-hydrogen) atoms. The standard InChI is InChI=1S/C13H24F2N2/c1-2-12-9-16(8-11-4-3-5-11)6-7-17(12)10-13(14)15/h11-13H,2-10H2,1H3/t12-/m0/s1. The summed E-state index contributed by atoms with van der Waals surface area (Å²) in [5.41, 5.74) is 0. The molecule has 0 unspecified atom stereocenters. The van der Waals surface area contributed by atoms with Crippen molar-refractivity contribution in [1.82, 2.24) is 9.80 Å². The Morgan fingerprint density at radius 1 is 1.24 bits per heavy atom. The lowest BCUT2D eigenvalue weighted by Gasteiger charge is -2.43. The molecule has 1 atom stereocenters. The second-order valence-corrected chi connectivity index (χ2v) is 5.50. The Bertz CT molecular complexity index is 231. The fourth-order valence-corrected chi connectivity index (χ4v) is 2.97. The van der Waals surface area contributed by atoms with Crippen LogP contribution in [0.25, 0.3) is 0 Å². The van der Waals surface area contributed by atoms with E-state index in [9.17, 15) is 8.78 Å². The minimum Gasteiger partial charge on any atom is -0.300 e. The zero-order valence-corrected chi connectivity index (χ0v) is 10.7. The molecule has 0 radical (unpaired) electrons. The first-order valence-electron chi connectivity index (χ1n) is 6.93. The van der Waals surface area contributed by atoms with Gasteiger partial charge in [0.1, 0.15) is 0 Å². The Balaban J connectivity index is 1.78. The van der Waals surface area contributed by atoms with E-state index in [4.69, 9.17) is 0 Å². The Morgan fingerprint density at radius 2 is 2.00 bits per heavy atom. The van der Waals surface area contributed by atoms with Crippen LogP contribution in [0.5, 0.6) is 0 Å². The number of alkyl halides is 2. The molecule has 1 saturated heterocycles. The van der Waals surface area contributed by atoms with Crippen molar-refractivity contribution in [2.45, 2.75) is 45.1 Å². The first kappa shape index (κ1) is 13.2. The van der Waals surface area contributed by atoms with Gasteiger partial charge in [0.15, 0.2) is 0 Å². The molecule has 1 aliphatic carbocycles. The van der Waals surface area contributed by atoms with Gasteiger partial charge in [0.2, 0.25) is 0 Å². The average Bonchev–Trinajstić information content (AvgIpc) is 2.24. The molecule has 0 aromatic carbocycles. The fraction of sp³-hybridized carbons (Fsp3) is 1.00. The summed E-state index contributed by atoms with van der Waals surface area (Å²) >= 11 is 0. The fourth-order valence-electron chi connectivity index (χ4n) is 2.97. The van der Waals surface area contributed by atoms with Crippen molar-refractivity contribution in [2.24, 2.45) is 5.92 Å². The number of halogens is 2. The third-order valence-electron chi connectivity index (χ3n) is 4.27. The second kappa shape index (κ2) is 6.10. The monoisotopic (exact) mass is 246 g/mol. The summed E-state index contributed by atoms with van der Waals surface area (Å²) in [7, 11) is 0. The molecule has 0 spiro atoms. The SMILES string of the molecule is CC[C@H]1CN(CC2CCC2)CCN1CC(F)F. The molecule has 0 bridgehead atoms. The van der Waals surface area contributed by atoms with Gasteiger partial charge in [0, 0.05) is 32.2 Å². The quantitative estimate of drug-likeness (QED) is 0.735. The van der Waals surface area contributed by atoms with E-state index in [-0.39, 0.29) is 6.54 Å². The van der Waals surface area contributed by atoms with Gasteiger partial charge >= 0.3 is 0 Å². The molecule has 2 rings (SSSR count). The molecule has 0 amide bonds. The largest absolute Gasteiger partial charge is 0.300 e. The lowest BCUT2D eigenvalue weighted by atomic mass is 9.85. The van der Waals surface area contributed by atoms with E-state index in [0.29, 0.717) is 6.04 Å². The van der Waals surface area contributed by atoms with Gasteiger partial charge in [-0.3, -0.25) is 4.90 Å². The maximum Gasteiger partial charge on any atom is 0.251 e. The molecule has 100 valence electrons. The predicted molar refractivity (Wildman–Crippen MR) is 65.4 cm³/mol. The number of rotatable bonds is 5. The summed E-state index contributed by atoms with van der Waals surface area (Å²) in [4.78, 5) is 4.46. The van der Waals surface area contributed by atoms with Gasteiger partial charge in [-0.05, 0) is 25.2 Å². The van der Waals surface area contributed by atoms with Crippen LogP contribution < -0.4 is 0 Å². The van der Waals surface area contributed by atoms with Crippen LogP contribution in [-0.4, -0.2) is 55.0 Å². The van der Waals surface area contributed by atoms with E-state index < -0.39 is 6.43 Å². The number of nitrogens with zero attached hydrogens (tertiary/aromatic N) is 2. The van der Waals surface area contributed by atoms with Crippen molar-refractivity contribution in [3.05, 3.63) is 0 Å². The van der Waals surface area contributed by atoms with Crippen LogP contribution in [0.2, 0.25) is 0 Å². The lowest BCUT2D eigenvalue weighted by Crippen LogP contribution is -2.55. The maximum absolute atomic E-state index is 12.4. The Hall–Kier alpha value is -0.220. The highest BCUT2D eigenvalue weighted by Crippen LogP contribution is 2.28. The summed E-state index contributed by atoms with van der Waals surface area (Å²) in [5.74, 6) is 0.883. The van der Waals surface area contributed by atoms with Crippen LogP contribution in [-0.2, 0) is 0 Å². The van der Waals surface area contributed by atoms with Crippen LogP contribution in [0.1, 0.15) is 32.6 Å². The zero-order valence-electron chi connectivity index (χ0n) is 10.7. The molecule has 0 aromatic heterocycles. The molecular weight excluding hydrogens is 222 g/mol. The maximum atomic E-state index is 12.4. The van der Waals surface area contributed by atoms with Crippen LogP contribution in [0.3, 0.4) is 0 Å². The molecule has 1 saturated carbocycles. The molecule has 0 N–H and O–H groups in total. The highest BCUT2D eigenvalue weighted by atomic mass is 19.3. The van der Waals surface area contributed by atoms with Crippen LogP contribution >= 0.6 is 0 Å². The summed E-state index contributed by atoms with van der Waals surface area (Å²) in [6, 6.07) is 0.331. The van der Waals surface area contributed by atoms with Crippen LogP contribution in [0, 0.1) is 5.92 Å². The highest BCUT2D eigenvalue weighted by molar-refractivity contribution is 4.84. The normalized spacial score (nSPS) is 28.6. The van der Waals surface area contributed by atoms with Crippen molar-refractivity contribution in [1.29, 1.82) is 0 Å². The first-order valence-corrected chi connectivity index (χ1v) is 6.93. The smallest absolute Gasteiger partial charge is 0.251 e. The third kappa shape index (κ3) is 3.62. The van der Waals surface area contributed by atoms with E-state index in [0.717, 1.165) is 32.0 Å². The molecule has 0 aromatic rings. The minimum atomic E-state index is -2.19. The van der Waals surface area contributed by atoms with E-state index in [1.165, 1.54) is 25.8 Å². The van der Waals surface area contributed by atoms with Gasteiger partial charge in [-0.25, -0.2) is 8.78 Å². The Kier molecular flexibility index (Phi) is 4.74. The molecule has 2 fully saturated rings. The van der Waals surface area contributed by atoms with Crippen molar-refractivity contribution >= 4 is 0 Å². The summed E-state index contributed by atoms with van der Waals surface area (Å²) in [5, 5.41) is 0. The third-order valence-corrected chi connectivity index (χ3v) is 4.27. The summed E-state index contributed by atoms with van der Waals surface area (Å²) in [6.45, 7) is 6.03. The van der Waals surface area contributed by atoms with E-state index in [2.05, 4.69) is 11.8 Å². The van der Waals surface area contributed by atoms with E-state index in [1.54, 1.807) is 0 Å². The predicted octanol–water partition coefficient (Wildman–Crippen LogP) is 2.45. The molecule has 1 aliphatic heterocycles. The van der Waals surface area contributed by atoms with Crippen molar-refractivity contribution in [2.75, 3.05) is 32.7 Å². The molecule has 4 heteroatoms. The number of piperazine rings is 1. The van der Waals surface area contributed by atoms with Gasteiger partial charge in [0.25, 0.3) is 6.43 Å².